The molecule has 2 aromatic carbocycles. The zero-order valence-electron chi connectivity index (χ0n) is 23.5. The Bertz CT molecular complexity index is 1560. The van der Waals surface area contributed by atoms with Crippen molar-refractivity contribution in [3.63, 3.8) is 0 Å². The van der Waals surface area contributed by atoms with Crippen molar-refractivity contribution in [2.75, 3.05) is 23.9 Å². The van der Waals surface area contributed by atoms with Crippen LogP contribution < -0.4 is 20.3 Å². The van der Waals surface area contributed by atoms with Crippen molar-refractivity contribution in [3.8, 4) is 5.75 Å². The summed E-state index contributed by atoms with van der Waals surface area (Å²) in [7, 11) is 1.55. The van der Waals surface area contributed by atoms with E-state index >= 15 is 0 Å². The highest BCUT2D eigenvalue weighted by molar-refractivity contribution is 6.39. The highest BCUT2D eigenvalue weighted by Gasteiger charge is 2.38. The van der Waals surface area contributed by atoms with Crippen LogP contribution in [0.5, 0.6) is 5.75 Å². The van der Waals surface area contributed by atoms with Gasteiger partial charge in [0.1, 0.15) is 17.3 Å². The molecule has 0 saturated carbocycles. The highest BCUT2D eigenvalue weighted by Crippen LogP contribution is 2.36. The summed E-state index contributed by atoms with van der Waals surface area (Å²) in [5.41, 5.74) is 3.79. The van der Waals surface area contributed by atoms with Crippen LogP contribution in [0.3, 0.4) is 0 Å². The van der Waals surface area contributed by atoms with Gasteiger partial charge in [-0.1, -0.05) is 6.07 Å². The van der Waals surface area contributed by atoms with E-state index in [0.29, 0.717) is 28.6 Å². The number of allylic oxidation sites excluding steroid dienone is 1. The number of methoxy groups -OCH3 is 1. The van der Waals surface area contributed by atoms with Crippen molar-refractivity contribution in [2.45, 2.75) is 34.2 Å². The van der Waals surface area contributed by atoms with Gasteiger partial charge in [-0.2, -0.15) is 0 Å². The van der Waals surface area contributed by atoms with Crippen LogP contribution in [0, 0.1) is 13.8 Å². The number of hydrogen-bond acceptors (Lipinski definition) is 7. The second-order valence-electron chi connectivity index (χ2n) is 9.32. The Kier molecular flexibility index (Phi) is 8.72. The third-order valence-corrected chi connectivity index (χ3v) is 6.57. The Morgan fingerprint density at radius 3 is 2.34 bits per heavy atom. The highest BCUT2D eigenvalue weighted by atomic mass is 16.5. The molecule has 0 spiro atoms. The van der Waals surface area contributed by atoms with Gasteiger partial charge in [0.2, 0.25) is 0 Å². The fourth-order valence-corrected chi connectivity index (χ4v) is 4.29. The van der Waals surface area contributed by atoms with Crippen molar-refractivity contribution < 1.29 is 33.1 Å². The Balaban J connectivity index is 1.49. The molecule has 41 heavy (non-hydrogen) atoms. The molecule has 10 nitrogen and oxygen atoms in total. The summed E-state index contributed by atoms with van der Waals surface area (Å²) in [4.78, 5) is 52.4. The Labute approximate surface area is 237 Å². The topological polar surface area (TPSA) is 127 Å². The Morgan fingerprint density at radius 2 is 1.68 bits per heavy atom. The smallest absolute Gasteiger partial charge is 0.340 e. The summed E-state index contributed by atoms with van der Waals surface area (Å²) in [5, 5.41) is 5.08. The van der Waals surface area contributed by atoms with E-state index in [2.05, 4.69) is 10.6 Å². The summed E-state index contributed by atoms with van der Waals surface area (Å²) < 4.78 is 16.2. The molecule has 2 N–H and O–H groups in total. The van der Waals surface area contributed by atoms with E-state index in [-0.39, 0.29) is 30.1 Å². The normalized spacial score (nSPS) is 13.9. The molecule has 0 fully saturated rings. The number of benzene rings is 2. The van der Waals surface area contributed by atoms with Crippen LogP contribution in [-0.2, 0) is 30.5 Å². The first kappa shape index (κ1) is 28.9. The largest absolute Gasteiger partial charge is 0.497 e. The fraction of sp³-hybridized carbons (Fsp3) is 0.226. The third kappa shape index (κ3) is 6.38. The lowest BCUT2D eigenvalue weighted by atomic mass is 10.1. The number of amides is 3. The molecule has 1 aliphatic rings. The van der Waals surface area contributed by atoms with E-state index < -0.39 is 23.7 Å². The van der Waals surface area contributed by atoms with Gasteiger partial charge in [0.15, 0.2) is 0 Å². The minimum absolute atomic E-state index is 0.0616. The van der Waals surface area contributed by atoms with Crippen molar-refractivity contribution >= 4 is 41.1 Å². The van der Waals surface area contributed by atoms with Crippen LogP contribution >= 0.6 is 0 Å². The van der Waals surface area contributed by atoms with Crippen LogP contribution in [0.25, 0.3) is 6.08 Å². The van der Waals surface area contributed by atoms with Crippen LogP contribution in [0.2, 0.25) is 0 Å². The van der Waals surface area contributed by atoms with Crippen LogP contribution in [0.15, 0.2) is 75.9 Å². The van der Waals surface area contributed by atoms with E-state index in [0.717, 1.165) is 11.1 Å². The molecule has 10 heteroatoms. The van der Waals surface area contributed by atoms with Gasteiger partial charge < -0.3 is 24.5 Å². The molecule has 3 aromatic rings. The van der Waals surface area contributed by atoms with Gasteiger partial charge in [-0.05, 0) is 93.4 Å². The zero-order chi connectivity index (χ0) is 29.7. The first-order chi connectivity index (χ1) is 19.6. The summed E-state index contributed by atoms with van der Waals surface area (Å²) >= 11 is 0. The predicted octanol–water partition coefficient (Wildman–Crippen LogP) is 4.43. The van der Waals surface area contributed by atoms with Gasteiger partial charge in [-0.15, -0.1) is 0 Å². The summed E-state index contributed by atoms with van der Waals surface area (Å²) in [6.45, 7) is 7.30. The average Bonchev–Trinajstić information content (AvgIpc) is 3.50. The molecule has 0 unspecified atom stereocenters. The van der Waals surface area contributed by atoms with Gasteiger partial charge in [-0.3, -0.25) is 19.3 Å². The maximum Gasteiger partial charge on any atom is 0.340 e. The SMILES string of the molecule is CCOC(=O)C1=C(C)N(c2ccc(OC)cc2)C(=O)/C1=C/c1ccc(CNC(=O)C(=O)Nc2ccc(C)c(C)c2)o1. The lowest BCUT2D eigenvalue weighted by Crippen LogP contribution is -2.34. The molecule has 212 valence electrons. The Hall–Kier alpha value is -5.12. The summed E-state index contributed by atoms with van der Waals surface area (Å²) in [5.74, 6) is -1.44. The number of aryl methyl sites for hydroxylation is 2. The van der Waals surface area contributed by atoms with E-state index in [1.807, 2.05) is 19.9 Å². The van der Waals surface area contributed by atoms with Crippen molar-refractivity contribution in [2.24, 2.45) is 0 Å². The van der Waals surface area contributed by atoms with Crippen molar-refractivity contribution in [1.82, 2.24) is 5.32 Å². The maximum absolute atomic E-state index is 13.5. The lowest BCUT2D eigenvalue weighted by molar-refractivity contribution is -0.138. The van der Waals surface area contributed by atoms with Gasteiger partial charge in [-0.25, -0.2) is 4.79 Å². The molecular weight excluding hydrogens is 526 g/mol. The minimum Gasteiger partial charge on any atom is -0.497 e. The molecule has 0 bridgehead atoms. The standard InChI is InChI=1S/C31H31N3O7/c1-6-40-31(38)27-20(4)34(22-9-11-23(39-5)12-10-22)30(37)26(27)16-24-13-14-25(41-24)17-32-28(35)29(36)33-21-8-7-18(2)19(3)15-21/h7-16H,6,17H2,1-5H3,(H,32,35)(H,33,36)/b26-16+. The quantitative estimate of drug-likeness (QED) is 0.238. The van der Waals surface area contributed by atoms with Crippen molar-refractivity contribution in [1.29, 1.82) is 0 Å². The first-order valence-corrected chi connectivity index (χ1v) is 13.0. The van der Waals surface area contributed by atoms with Crippen LogP contribution in [0.4, 0.5) is 11.4 Å². The van der Waals surface area contributed by atoms with Crippen LogP contribution in [-0.4, -0.2) is 37.4 Å². The van der Waals surface area contributed by atoms with E-state index in [9.17, 15) is 19.2 Å². The monoisotopic (exact) mass is 557 g/mol. The number of carbonyl (C=O) groups is 4. The van der Waals surface area contributed by atoms with E-state index in [1.54, 1.807) is 69.5 Å². The molecule has 1 aromatic heterocycles. The number of nitrogens with one attached hydrogen (secondary N) is 2. The minimum atomic E-state index is -0.830. The second kappa shape index (κ2) is 12.4. The van der Waals surface area contributed by atoms with Crippen molar-refractivity contribution in [3.05, 3.63) is 94.1 Å². The molecule has 4 rings (SSSR count). The summed E-state index contributed by atoms with van der Waals surface area (Å²) in [6, 6.07) is 15.4. The molecule has 2 heterocycles. The van der Waals surface area contributed by atoms with E-state index in [1.165, 1.54) is 11.0 Å². The van der Waals surface area contributed by atoms with Gasteiger partial charge in [0.25, 0.3) is 5.91 Å². The molecule has 0 radical (unpaired) electrons. The number of ether oxygens (including phenoxy) is 2. The summed E-state index contributed by atoms with van der Waals surface area (Å²) in [6.07, 6.45) is 1.46. The molecule has 0 aliphatic carbocycles. The second-order valence-corrected chi connectivity index (χ2v) is 9.32. The number of rotatable bonds is 8. The van der Waals surface area contributed by atoms with E-state index in [4.69, 9.17) is 13.9 Å². The molecule has 3 amide bonds. The lowest BCUT2D eigenvalue weighted by Gasteiger charge is -2.18. The number of hydrogen-bond donors (Lipinski definition) is 2. The molecule has 1 aliphatic heterocycles. The zero-order valence-corrected chi connectivity index (χ0v) is 23.5. The first-order valence-electron chi connectivity index (χ1n) is 13.0. The number of carbonyl (C=O) groups excluding carboxylic acids is 4. The molecule has 0 saturated heterocycles. The van der Waals surface area contributed by atoms with Gasteiger partial charge in [0, 0.05) is 17.1 Å². The Morgan fingerprint density at radius 1 is 0.951 bits per heavy atom. The average molecular weight is 558 g/mol. The number of esters is 1. The van der Waals surface area contributed by atoms with Gasteiger partial charge in [0.05, 0.1) is 31.4 Å². The number of anilines is 2. The number of furan rings is 1. The fourth-order valence-electron chi connectivity index (χ4n) is 4.29. The maximum atomic E-state index is 13.5. The van der Waals surface area contributed by atoms with Crippen LogP contribution in [0.1, 0.15) is 36.5 Å². The predicted molar refractivity (Wildman–Crippen MR) is 153 cm³/mol. The van der Waals surface area contributed by atoms with Gasteiger partial charge >= 0.3 is 17.8 Å². The molecule has 0 atom stereocenters. The third-order valence-electron chi connectivity index (χ3n) is 6.57. The molecular formula is C31H31N3O7. The number of nitrogens with zero attached hydrogens (tertiary/aromatic N) is 1.